The average Bonchev–Trinajstić information content (AvgIpc) is 3.14. The fourth-order valence-corrected chi connectivity index (χ4v) is 5.33. The maximum Gasteiger partial charge on any atom is 0.249 e. The second kappa shape index (κ2) is 12.1. The summed E-state index contributed by atoms with van der Waals surface area (Å²) in [5.41, 5.74) is 1.46. The van der Waals surface area contributed by atoms with Crippen LogP contribution in [0.15, 0.2) is 36.4 Å². The van der Waals surface area contributed by atoms with Crippen molar-refractivity contribution in [2.75, 3.05) is 0 Å². The van der Waals surface area contributed by atoms with E-state index >= 15 is 0 Å². The fraction of sp³-hybridized carbons (Fsp3) is 0.538. The molecule has 0 aliphatic carbocycles. The van der Waals surface area contributed by atoms with E-state index in [4.69, 9.17) is 5.84 Å². The number of Topliss-reactive ketones (excluding diaryl/α,β-unsaturated/α-hetero) is 1. The van der Waals surface area contributed by atoms with E-state index in [1.165, 1.54) is 0 Å². The lowest BCUT2D eigenvalue weighted by molar-refractivity contribution is -0.154. The first-order valence-corrected chi connectivity index (χ1v) is 12.1. The van der Waals surface area contributed by atoms with Crippen LogP contribution < -0.4 is 22.1 Å². The zero-order valence-electron chi connectivity index (χ0n) is 21.0. The van der Waals surface area contributed by atoms with Gasteiger partial charge in [-0.3, -0.25) is 29.8 Å². The zero-order valence-corrected chi connectivity index (χ0v) is 21.0. The predicted molar refractivity (Wildman–Crippen MR) is 132 cm³/mol. The van der Waals surface area contributed by atoms with Crippen molar-refractivity contribution in [2.24, 2.45) is 29.0 Å². The van der Waals surface area contributed by atoms with Gasteiger partial charge in [-0.15, -0.1) is 0 Å². The molecule has 9 heteroatoms. The van der Waals surface area contributed by atoms with Crippen LogP contribution in [0.1, 0.15) is 65.4 Å². The molecule has 0 saturated carbocycles. The highest BCUT2D eigenvalue weighted by Gasteiger charge is 2.62. The summed E-state index contributed by atoms with van der Waals surface area (Å²) < 4.78 is 0. The molecule has 1 fully saturated rings. The summed E-state index contributed by atoms with van der Waals surface area (Å²) >= 11 is 0. The van der Waals surface area contributed by atoms with E-state index in [1.807, 2.05) is 51.1 Å². The zero-order chi connectivity index (χ0) is 26.2. The molecule has 1 aromatic carbocycles. The van der Waals surface area contributed by atoms with Gasteiger partial charge in [0.05, 0.1) is 5.92 Å². The number of hydrogen-bond donors (Lipinski definition) is 5. The number of nitrogens with two attached hydrogens (primary N) is 1. The number of ketones is 1. The number of amides is 3. The number of carbonyl (C=O) groups is 4. The van der Waals surface area contributed by atoms with Crippen LogP contribution in [0.2, 0.25) is 0 Å². The largest absolute Gasteiger partial charge is 0.342 e. The molecule has 1 aliphatic heterocycles. The van der Waals surface area contributed by atoms with Crippen molar-refractivity contribution in [1.82, 2.24) is 16.2 Å². The maximum atomic E-state index is 14.5. The minimum Gasteiger partial charge on any atom is -0.342 e. The Kier molecular flexibility index (Phi) is 9.73. The highest BCUT2D eigenvalue weighted by atomic mass is 16.5. The van der Waals surface area contributed by atoms with Crippen molar-refractivity contribution in [3.8, 4) is 0 Å². The molecular weight excluding hydrogens is 448 g/mol. The molecule has 2 rings (SSSR count). The number of rotatable bonds is 12. The van der Waals surface area contributed by atoms with Crippen LogP contribution in [0.4, 0.5) is 0 Å². The van der Waals surface area contributed by atoms with Crippen LogP contribution >= 0.6 is 0 Å². The van der Waals surface area contributed by atoms with Gasteiger partial charge in [0.1, 0.15) is 11.0 Å². The monoisotopic (exact) mass is 486 g/mol. The Morgan fingerprint density at radius 3 is 2.43 bits per heavy atom. The summed E-state index contributed by atoms with van der Waals surface area (Å²) in [6, 6.07) is 9.40. The summed E-state index contributed by atoms with van der Waals surface area (Å²) in [4.78, 5) is 53.4. The molecule has 0 aromatic heterocycles. The molecule has 192 valence electrons. The van der Waals surface area contributed by atoms with E-state index in [0.717, 1.165) is 5.56 Å². The standard InChI is InChI=1S/C26H38N4O5/c1-5-14-25(15-17(2)3,24(34)29-27)23(33)26(16-18(4)21(31)28-26)20(22(32)30-35)13-9-12-19-10-7-6-8-11-19/h6-12,17-18,20,35H,5,13-16,27H2,1-4H3,(H,28,31)(H,29,34)(H,30,32)/b12-9+/t18?,20-,25?,26-/m1/s1. The second-order valence-corrected chi connectivity index (χ2v) is 9.88. The Bertz CT molecular complexity index is 948. The second-order valence-electron chi connectivity index (χ2n) is 9.88. The van der Waals surface area contributed by atoms with Gasteiger partial charge in [0.2, 0.25) is 17.7 Å². The highest BCUT2D eigenvalue weighted by Crippen LogP contribution is 2.44. The molecule has 2 unspecified atom stereocenters. The summed E-state index contributed by atoms with van der Waals surface area (Å²) in [5.74, 6) is 1.38. The Hall–Kier alpha value is -3.04. The third kappa shape index (κ3) is 5.97. The van der Waals surface area contributed by atoms with Gasteiger partial charge in [0.25, 0.3) is 0 Å². The summed E-state index contributed by atoms with van der Waals surface area (Å²) in [6.07, 6.45) is 4.50. The van der Waals surface area contributed by atoms with E-state index in [1.54, 1.807) is 24.6 Å². The van der Waals surface area contributed by atoms with E-state index in [2.05, 4.69) is 10.7 Å². The van der Waals surface area contributed by atoms with Crippen LogP contribution in [0.3, 0.4) is 0 Å². The van der Waals surface area contributed by atoms with E-state index in [-0.39, 0.29) is 37.5 Å². The molecule has 4 atom stereocenters. The van der Waals surface area contributed by atoms with Gasteiger partial charge < -0.3 is 5.32 Å². The van der Waals surface area contributed by atoms with Crippen molar-refractivity contribution in [2.45, 2.75) is 65.3 Å². The maximum absolute atomic E-state index is 14.5. The highest BCUT2D eigenvalue weighted by molar-refractivity contribution is 6.13. The van der Waals surface area contributed by atoms with E-state index in [9.17, 15) is 24.4 Å². The number of allylic oxidation sites excluding steroid dienone is 1. The number of hydrogen-bond acceptors (Lipinski definition) is 6. The number of benzene rings is 1. The minimum atomic E-state index is -1.69. The van der Waals surface area contributed by atoms with Crippen LogP contribution in [0.5, 0.6) is 0 Å². The molecule has 1 aromatic rings. The van der Waals surface area contributed by atoms with Gasteiger partial charge in [-0.2, -0.15) is 0 Å². The average molecular weight is 487 g/mol. The first kappa shape index (κ1) is 28.2. The van der Waals surface area contributed by atoms with Gasteiger partial charge >= 0.3 is 0 Å². The summed E-state index contributed by atoms with van der Waals surface area (Å²) in [5, 5.41) is 12.4. The molecule has 9 nitrogen and oxygen atoms in total. The quantitative estimate of drug-likeness (QED) is 0.101. The molecule has 1 heterocycles. The lowest BCUT2D eigenvalue weighted by Gasteiger charge is -2.42. The van der Waals surface area contributed by atoms with Crippen molar-refractivity contribution < 1.29 is 24.4 Å². The summed E-state index contributed by atoms with van der Waals surface area (Å²) in [7, 11) is 0. The van der Waals surface area contributed by atoms with Gasteiger partial charge in [-0.05, 0) is 37.2 Å². The molecule has 0 spiro atoms. The molecule has 6 N–H and O–H groups in total. The van der Waals surface area contributed by atoms with Crippen molar-refractivity contribution in [3.63, 3.8) is 0 Å². The van der Waals surface area contributed by atoms with Crippen molar-refractivity contribution in [3.05, 3.63) is 42.0 Å². The number of hydrazine groups is 1. The third-order valence-corrected chi connectivity index (χ3v) is 6.76. The van der Waals surface area contributed by atoms with Crippen LogP contribution in [-0.4, -0.2) is 34.3 Å². The van der Waals surface area contributed by atoms with Crippen molar-refractivity contribution >= 4 is 29.6 Å². The number of carbonyl (C=O) groups excluding carboxylic acids is 4. The summed E-state index contributed by atoms with van der Waals surface area (Å²) in [6.45, 7) is 7.31. The van der Waals surface area contributed by atoms with Gasteiger partial charge in [0.15, 0.2) is 5.78 Å². The van der Waals surface area contributed by atoms with Crippen LogP contribution in [0, 0.1) is 23.2 Å². The number of hydroxylamine groups is 1. The Morgan fingerprint density at radius 2 is 1.94 bits per heavy atom. The number of nitrogens with one attached hydrogen (secondary N) is 3. The van der Waals surface area contributed by atoms with Crippen LogP contribution in [-0.2, 0) is 19.2 Å². The first-order chi connectivity index (χ1) is 16.6. The predicted octanol–water partition coefficient (Wildman–Crippen LogP) is 2.50. The van der Waals surface area contributed by atoms with E-state index in [0.29, 0.717) is 6.42 Å². The smallest absolute Gasteiger partial charge is 0.249 e. The van der Waals surface area contributed by atoms with Crippen LogP contribution in [0.25, 0.3) is 6.08 Å². The first-order valence-electron chi connectivity index (χ1n) is 12.1. The van der Waals surface area contributed by atoms with Gasteiger partial charge in [-0.25, -0.2) is 11.3 Å². The minimum absolute atomic E-state index is 0.0172. The van der Waals surface area contributed by atoms with Crippen molar-refractivity contribution in [1.29, 1.82) is 0 Å². The SMILES string of the molecule is CCCC(CC(C)C)(C(=O)NN)C(=O)[C@]1([C@H](C/C=C/c2ccccc2)C(=O)NO)CC(C)C(=O)N1. The molecular formula is C26H38N4O5. The lowest BCUT2D eigenvalue weighted by Crippen LogP contribution is -2.65. The van der Waals surface area contributed by atoms with Gasteiger partial charge in [0, 0.05) is 5.92 Å². The Balaban J connectivity index is 2.64. The third-order valence-electron chi connectivity index (χ3n) is 6.76. The fourth-order valence-electron chi connectivity index (χ4n) is 5.33. The molecule has 0 bridgehead atoms. The normalized spacial score (nSPS) is 22.5. The molecule has 1 saturated heterocycles. The Morgan fingerprint density at radius 1 is 1.29 bits per heavy atom. The molecule has 1 aliphatic rings. The molecule has 0 radical (unpaired) electrons. The van der Waals surface area contributed by atoms with Gasteiger partial charge in [-0.1, -0.05) is 76.6 Å². The molecule has 3 amide bonds. The lowest BCUT2D eigenvalue weighted by atomic mass is 9.62. The Labute approximate surface area is 206 Å². The molecule has 35 heavy (non-hydrogen) atoms. The topological polar surface area (TPSA) is 151 Å². The van der Waals surface area contributed by atoms with E-state index < -0.39 is 40.4 Å².